The van der Waals surface area contributed by atoms with E-state index in [9.17, 15) is 4.79 Å². The maximum absolute atomic E-state index is 9.47. The van der Waals surface area contributed by atoms with Crippen LogP contribution in [0.2, 0.25) is 0 Å². The minimum atomic E-state index is 0.776. The van der Waals surface area contributed by atoms with E-state index in [-0.39, 0.29) is 0 Å². The first-order chi connectivity index (χ1) is 2.91. The molecule has 0 aromatic heterocycles. The van der Waals surface area contributed by atoms with E-state index in [1.807, 2.05) is 0 Å². The molecular weight excluding hydrogens is 191 g/mol. The molecule has 0 bridgehead atoms. The number of carbonyl (C=O) groups excluding carboxylic acids is 1. The molecule has 0 atom stereocenters. The molecule has 0 saturated carbocycles. The number of hydrogen-bond acceptors (Lipinski definition) is 1. The highest BCUT2D eigenvalue weighted by Crippen LogP contribution is 1.78. The van der Waals surface area contributed by atoms with E-state index in [1.165, 1.54) is 6.08 Å². The fourth-order valence-electron chi connectivity index (χ4n) is 0.107. The van der Waals surface area contributed by atoms with E-state index >= 15 is 0 Å². The molecule has 1 nitrogen and oxygen atoms in total. The molecule has 0 spiro atoms. The summed E-state index contributed by atoms with van der Waals surface area (Å²) in [6, 6.07) is 0. The third-order valence-corrected chi connectivity index (χ3v) is 0.812. The van der Waals surface area contributed by atoms with Crippen molar-refractivity contribution in [3.8, 4) is 0 Å². The van der Waals surface area contributed by atoms with Gasteiger partial charge in [-0.3, -0.25) is 4.79 Å². The van der Waals surface area contributed by atoms with Gasteiger partial charge in [0.1, 0.15) is 6.29 Å². The van der Waals surface area contributed by atoms with E-state index in [0.717, 1.165) is 10.7 Å². The second-order valence-electron chi connectivity index (χ2n) is 0.719. The third-order valence-electron chi connectivity index (χ3n) is 0.304. The van der Waals surface area contributed by atoms with Crippen LogP contribution in [0.3, 0.4) is 0 Å². The molecule has 2 heteroatoms. The summed E-state index contributed by atoms with van der Waals surface area (Å²) < 4.78 is 0.913. The van der Waals surface area contributed by atoms with E-state index in [0.29, 0.717) is 0 Å². The SMILES string of the molecule is O=C/C=C/CI. The molecule has 0 amide bonds. The van der Waals surface area contributed by atoms with Gasteiger partial charge in [0.25, 0.3) is 0 Å². The zero-order valence-electron chi connectivity index (χ0n) is 3.23. The van der Waals surface area contributed by atoms with Crippen LogP contribution in [0.25, 0.3) is 0 Å². The largest absolute Gasteiger partial charge is 0.299 e. The first-order valence-corrected chi connectivity index (χ1v) is 3.10. The van der Waals surface area contributed by atoms with Gasteiger partial charge in [-0.15, -0.1) is 0 Å². The zero-order valence-corrected chi connectivity index (χ0v) is 5.38. The number of hydrogen-bond donors (Lipinski definition) is 0. The number of carbonyl (C=O) groups is 1. The quantitative estimate of drug-likeness (QED) is 0.280. The molecule has 0 heterocycles. The Morgan fingerprint density at radius 1 is 1.67 bits per heavy atom. The van der Waals surface area contributed by atoms with Crippen molar-refractivity contribution >= 4 is 28.9 Å². The number of aldehydes is 1. The van der Waals surface area contributed by atoms with Crippen molar-refractivity contribution in [1.82, 2.24) is 0 Å². The molecule has 0 aliphatic carbocycles. The van der Waals surface area contributed by atoms with Gasteiger partial charge in [-0.05, 0) is 6.08 Å². The van der Waals surface area contributed by atoms with Gasteiger partial charge in [0, 0.05) is 4.43 Å². The van der Waals surface area contributed by atoms with Crippen molar-refractivity contribution in [1.29, 1.82) is 0 Å². The van der Waals surface area contributed by atoms with Crippen molar-refractivity contribution < 1.29 is 4.79 Å². The van der Waals surface area contributed by atoms with Gasteiger partial charge < -0.3 is 0 Å². The summed E-state index contributed by atoms with van der Waals surface area (Å²) in [6.45, 7) is 0. The monoisotopic (exact) mass is 196 g/mol. The smallest absolute Gasteiger partial charge is 0.142 e. The average Bonchev–Trinajstić information content (AvgIpc) is 1.61. The molecule has 6 heavy (non-hydrogen) atoms. The molecular formula is C4H5IO. The summed E-state index contributed by atoms with van der Waals surface area (Å²) in [5, 5.41) is 0. The Hall–Kier alpha value is 0.140. The molecule has 0 rings (SSSR count). The molecule has 0 aromatic carbocycles. The second kappa shape index (κ2) is 5.14. The molecule has 0 N–H and O–H groups in total. The first kappa shape index (κ1) is 6.14. The van der Waals surface area contributed by atoms with Crippen molar-refractivity contribution in [3.63, 3.8) is 0 Å². The summed E-state index contributed by atoms with van der Waals surface area (Å²) in [6.07, 6.45) is 4.07. The van der Waals surface area contributed by atoms with Crippen LogP contribution in [0, 0.1) is 0 Å². The van der Waals surface area contributed by atoms with E-state index in [4.69, 9.17) is 0 Å². The molecule has 0 radical (unpaired) electrons. The standard InChI is InChI=1S/C4H5IO/c5-3-1-2-4-6/h1-2,4H,3H2/b2-1+. The zero-order chi connectivity index (χ0) is 4.83. The number of halogens is 1. The van der Waals surface area contributed by atoms with Gasteiger partial charge in [-0.2, -0.15) is 0 Å². The summed E-state index contributed by atoms with van der Waals surface area (Å²) in [7, 11) is 0. The molecule has 0 unspecified atom stereocenters. The molecule has 0 aliphatic heterocycles. The van der Waals surface area contributed by atoms with E-state index < -0.39 is 0 Å². The Labute approximate surface area is 50.6 Å². The Morgan fingerprint density at radius 3 is 2.50 bits per heavy atom. The molecule has 0 aliphatic rings. The predicted octanol–water partition coefficient (Wildman–Crippen LogP) is 1.18. The van der Waals surface area contributed by atoms with Gasteiger partial charge in [0.05, 0.1) is 0 Å². The van der Waals surface area contributed by atoms with Crippen LogP contribution in [0.1, 0.15) is 0 Å². The summed E-state index contributed by atoms with van der Waals surface area (Å²) in [4.78, 5) is 9.47. The van der Waals surface area contributed by atoms with Gasteiger partial charge in [-0.25, -0.2) is 0 Å². The van der Waals surface area contributed by atoms with Crippen molar-refractivity contribution in [3.05, 3.63) is 12.2 Å². The normalized spacial score (nSPS) is 9.50. The van der Waals surface area contributed by atoms with Crippen molar-refractivity contribution in [2.24, 2.45) is 0 Å². The Balaban J connectivity index is 2.94. The minimum absolute atomic E-state index is 0.776. The van der Waals surface area contributed by atoms with Crippen LogP contribution in [0.4, 0.5) is 0 Å². The Kier molecular flexibility index (Phi) is 5.26. The maximum atomic E-state index is 9.47. The van der Waals surface area contributed by atoms with Crippen molar-refractivity contribution in [2.45, 2.75) is 0 Å². The Bertz CT molecular complexity index is 58.6. The van der Waals surface area contributed by atoms with E-state index in [1.54, 1.807) is 6.08 Å². The lowest BCUT2D eigenvalue weighted by atomic mass is 10.6. The van der Waals surface area contributed by atoms with Crippen LogP contribution < -0.4 is 0 Å². The van der Waals surface area contributed by atoms with Crippen LogP contribution in [-0.4, -0.2) is 10.7 Å². The van der Waals surface area contributed by atoms with Gasteiger partial charge in [-0.1, -0.05) is 28.7 Å². The molecule has 0 fully saturated rings. The highest BCUT2D eigenvalue weighted by molar-refractivity contribution is 14.1. The van der Waals surface area contributed by atoms with Crippen LogP contribution in [0.5, 0.6) is 0 Å². The van der Waals surface area contributed by atoms with Crippen LogP contribution in [0.15, 0.2) is 12.2 Å². The lowest BCUT2D eigenvalue weighted by Crippen LogP contribution is -1.58. The predicted molar refractivity (Wildman–Crippen MR) is 34.1 cm³/mol. The lowest BCUT2D eigenvalue weighted by molar-refractivity contribution is -0.104. The van der Waals surface area contributed by atoms with E-state index in [2.05, 4.69) is 22.6 Å². The lowest BCUT2D eigenvalue weighted by Gasteiger charge is -1.63. The minimum Gasteiger partial charge on any atom is -0.299 e. The molecule has 0 saturated heterocycles. The number of allylic oxidation sites excluding steroid dienone is 2. The third kappa shape index (κ3) is 4.14. The van der Waals surface area contributed by atoms with Gasteiger partial charge in [0.15, 0.2) is 0 Å². The van der Waals surface area contributed by atoms with Crippen LogP contribution in [-0.2, 0) is 4.79 Å². The van der Waals surface area contributed by atoms with Crippen molar-refractivity contribution in [2.75, 3.05) is 4.43 Å². The fourth-order valence-corrected chi connectivity index (χ4v) is 0.401. The molecule has 34 valence electrons. The van der Waals surface area contributed by atoms with Crippen LogP contribution >= 0.6 is 22.6 Å². The fraction of sp³-hybridized carbons (Fsp3) is 0.250. The summed E-state index contributed by atoms with van der Waals surface area (Å²) in [5.74, 6) is 0. The van der Waals surface area contributed by atoms with Gasteiger partial charge in [0.2, 0.25) is 0 Å². The summed E-state index contributed by atoms with van der Waals surface area (Å²) in [5.41, 5.74) is 0. The molecule has 0 aromatic rings. The maximum Gasteiger partial charge on any atom is 0.142 e. The second-order valence-corrected chi connectivity index (χ2v) is 1.60. The van der Waals surface area contributed by atoms with Gasteiger partial charge >= 0.3 is 0 Å². The first-order valence-electron chi connectivity index (χ1n) is 1.58. The number of alkyl halides is 1. The highest BCUT2D eigenvalue weighted by atomic mass is 127. The Morgan fingerprint density at radius 2 is 2.33 bits per heavy atom. The number of rotatable bonds is 2. The highest BCUT2D eigenvalue weighted by Gasteiger charge is 1.60. The topological polar surface area (TPSA) is 17.1 Å². The average molecular weight is 196 g/mol. The summed E-state index contributed by atoms with van der Waals surface area (Å²) >= 11 is 2.17.